The first-order valence-electron chi connectivity index (χ1n) is 1.93. The van der Waals surface area contributed by atoms with Gasteiger partial charge in [0.15, 0.2) is 0 Å². The first-order valence-corrected chi connectivity index (χ1v) is 1.93. The van der Waals surface area contributed by atoms with Crippen molar-refractivity contribution in [3.63, 3.8) is 0 Å². The Morgan fingerprint density at radius 3 is 3.00 bits per heavy atom. The van der Waals surface area contributed by atoms with Crippen LogP contribution in [0.2, 0.25) is 0 Å². The number of nitrogens with zero attached hydrogens (tertiary/aromatic N) is 1. The van der Waals surface area contributed by atoms with Crippen LogP contribution in [0.4, 0.5) is 0 Å². The van der Waals surface area contributed by atoms with Gasteiger partial charge in [-0.2, -0.15) is 0 Å². The van der Waals surface area contributed by atoms with Crippen LogP contribution in [-0.4, -0.2) is 12.0 Å². The second-order valence-electron chi connectivity index (χ2n) is 1.25. The molecule has 1 aliphatic heterocycles. The maximum absolute atomic E-state index is 3.82. The SMILES string of the molecule is CC1N=C=CN1. The molecular formula is C4H6N2. The van der Waals surface area contributed by atoms with E-state index in [1.54, 1.807) is 6.20 Å². The zero-order chi connectivity index (χ0) is 4.41. The summed E-state index contributed by atoms with van der Waals surface area (Å²) < 4.78 is 0. The number of hydrogen-bond donors (Lipinski definition) is 1. The van der Waals surface area contributed by atoms with Gasteiger partial charge in [0.1, 0.15) is 6.17 Å². The van der Waals surface area contributed by atoms with Crippen LogP contribution in [0.3, 0.4) is 0 Å². The molecule has 0 amide bonds. The van der Waals surface area contributed by atoms with Crippen molar-refractivity contribution in [3.8, 4) is 0 Å². The van der Waals surface area contributed by atoms with Crippen LogP contribution in [-0.2, 0) is 0 Å². The molecule has 0 aromatic carbocycles. The average molecular weight is 82.1 g/mol. The van der Waals surface area contributed by atoms with Crippen molar-refractivity contribution < 1.29 is 0 Å². The summed E-state index contributed by atoms with van der Waals surface area (Å²) in [5.74, 6) is 2.66. The van der Waals surface area contributed by atoms with Gasteiger partial charge in [0.05, 0.1) is 6.20 Å². The lowest BCUT2D eigenvalue weighted by Gasteiger charge is -1.93. The van der Waals surface area contributed by atoms with Gasteiger partial charge in [-0.05, 0) is 6.92 Å². The molecule has 0 aliphatic carbocycles. The third-order valence-electron chi connectivity index (χ3n) is 0.657. The molecule has 0 radical (unpaired) electrons. The largest absolute Gasteiger partial charge is 0.362 e. The van der Waals surface area contributed by atoms with Gasteiger partial charge in [-0.15, -0.1) is 0 Å². The molecule has 1 unspecified atom stereocenters. The summed E-state index contributed by atoms with van der Waals surface area (Å²) in [7, 11) is 0. The molecule has 1 N–H and O–H groups in total. The molecule has 0 fully saturated rings. The first kappa shape index (κ1) is 3.44. The maximum atomic E-state index is 3.82. The molecule has 1 aliphatic rings. The van der Waals surface area contributed by atoms with Crippen molar-refractivity contribution >= 4 is 5.87 Å². The lowest BCUT2D eigenvalue weighted by atomic mass is 10.6. The Balaban J connectivity index is 2.55. The van der Waals surface area contributed by atoms with Crippen LogP contribution in [0.5, 0.6) is 0 Å². The second kappa shape index (κ2) is 1.15. The minimum atomic E-state index is 0.255. The van der Waals surface area contributed by atoms with E-state index in [-0.39, 0.29) is 6.17 Å². The first-order chi connectivity index (χ1) is 2.89. The number of rotatable bonds is 0. The Morgan fingerprint density at radius 2 is 2.83 bits per heavy atom. The van der Waals surface area contributed by atoms with Crippen LogP contribution in [0.25, 0.3) is 0 Å². The van der Waals surface area contributed by atoms with Crippen molar-refractivity contribution in [2.24, 2.45) is 4.99 Å². The quantitative estimate of drug-likeness (QED) is 0.441. The van der Waals surface area contributed by atoms with E-state index >= 15 is 0 Å². The van der Waals surface area contributed by atoms with Crippen molar-refractivity contribution in [1.29, 1.82) is 0 Å². The Kier molecular flexibility index (Phi) is 0.659. The second-order valence-corrected chi connectivity index (χ2v) is 1.25. The Hall–Kier alpha value is -0.750. The predicted octanol–water partition coefficient (Wildman–Crippen LogP) is 0.119. The Bertz CT molecular complexity index is 100. The summed E-state index contributed by atoms with van der Waals surface area (Å²) in [5.41, 5.74) is 0. The summed E-state index contributed by atoms with van der Waals surface area (Å²) in [4.78, 5) is 3.82. The molecule has 0 aromatic rings. The van der Waals surface area contributed by atoms with E-state index in [2.05, 4.69) is 16.2 Å². The molecule has 32 valence electrons. The lowest BCUT2D eigenvalue weighted by molar-refractivity contribution is 0.699. The van der Waals surface area contributed by atoms with Gasteiger partial charge < -0.3 is 5.32 Å². The molecule has 2 nitrogen and oxygen atoms in total. The zero-order valence-electron chi connectivity index (χ0n) is 3.60. The fourth-order valence-electron chi connectivity index (χ4n) is 0.344. The maximum Gasteiger partial charge on any atom is 0.125 e. The Labute approximate surface area is 36.6 Å². The molecule has 1 rings (SSSR count). The summed E-state index contributed by atoms with van der Waals surface area (Å²) in [6.45, 7) is 1.97. The van der Waals surface area contributed by atoms with Crippen LogP contribution in [0.15, 0.2) is 11.2 Å². The Morgan fingerprint density at radius 1 is 2.00 bits per heavy atom. The lowest BCUT2D eigenvalue weighted by Crippen LogP contribution is -2.12. The monoisotopic (exact) mass is 82.1 g/mol. The summed E-state index contributed by atoms with van der Waals surface area (Å²) >= 11 is 0. The molecule has 0 spiro atoms. The van der Waals surface area contributed by atoms with Crippen LogP contribution in [0.1, 0.15) is 6.92 Å². The molecule has 1 heterocycles. The molecule has 0 aromatic heterocycles. The zero-order valence-corrected chi connectivity index (χ0v) is 3.60. The fourth-order valence-corrected chi connectivity index (χ4v) is 0.344. The van der Waals surface area contributed by atoms with E-state index in [9.17, 15) is 0 Å². The number of hydrogen-bond acceptors (Lipinski definition) is 2. The molecular weight excluding hydrogens is 76.1 g/mol. The topological polar surface area (TPSA) is 24.4 Å². The minimum absolute atomic E-state index is 0.255. The van der Waals surface area contributed by atoms with Crippen molar-refractivity contribution in [1.82, 2.24) is 5.32 Å². The van der Waals surface area contributed by atoms with Gasteiger partial charge in [-0.25, -0.2) is 4.99 Å². The van der Waals surface area contributed by atoms with E-state index in [0.717, 1.165) is 0 Å². The van der Waals surface area contributed by atoms with Gasteiger partial charge in [0, 0.05) is 5.87 Å². The fraction of sp³-hybridized carbons (Fsp3) is 0.500. The number of nitrogens with one attached hydrogen (secondary N) is 1. The highest BCUT2D eigenvalue weighted by Crippen LogP contribution is 1.82. The van der Waals surface area contributed by atoms with Gasteiger partial charge in [-0.1, -0.05) is 0 Å². The minimum Gasteiger partial charge on any atom is -0.362 e. The van der Waals surface area contributed by atoms with E-state index < -0.39 is 0 Å². The molecule has 0 saturated heterocycles. The van der Waals surface area contributed by atoms with Gasteiger partial charge >= 0.3 is 0 Å². The van der Waals surface area contributed by atoms with E-state index in [1.165, 1.54) is 0 Å². The highest BCUT2D eigenvalue weighted by Gasteiger charge is 1.92. The number of aliphatic imine (C=N–C) groups is 1. The highest BCUT2D eigenvalue weighted by molar-refractivity contribution is 5.53. The van der Waals surface area contributed by atoms with Gasteiger partial charge in [0.2, 0.25) is 0 Å². The van der Waals surface area contributed by atoms with E-state index in [4.69, 9.17) is 0 Å². The van der Waals surface area contributed by atoms with E-state index in [1.807, 2.05) is 6.92 Å². The van der Waals surface area contributed by atoms with E-state index in [0.29, 0.717) is 0 Å². The summed E-state index contributed by atoms with van der Waals surface area (Å²) in [6.07, 6.45) is 1.97. The molecule has 2 heteroatoms. The predicted molar refractivity (Wildman–Crippen MR) is 24.6 cm³/mol. The third kappa shape index (κ3) is 0.421. The molecule has 1 atom stereocenters. The average Bonchev–Trinajstić information content (AvgIpc) is 1.86. The van der Waals surface area contributed by atoms with Crippen molar-refractivity contribution in [3.05, 3.63) is 6.20 Å². The molecule has 0 saturated carbocycles. The molecule has 6 heavy (non-hydrogen) atoms. The van der Waals surface area contributed by atoms with Crippen LogP contribution < -0.4 is 5.32 Å². The summed E-state index contributed by atoms with van der Waals surface area (Å²) in [6, 6.07) is 0. The van der Waals surface area contributed by atoms with Crippen molar-refractivity contribution in [2.75, 3.05) is 0 Å². The van der Waals surface area contributed by atoms with Gasteiger partial charge in [0.25, 0.3) is 0 Å². The standard InChI is InChI=1S/C4H6N2/c1-4-5-2-3-6-4/h2,4-5H,1H3. The van der Waals surface area contributed by atoms with Crippen LogP contribution >= 0.6 is 0 Å². The highest BCUT2D eigenvalue weighted by atomic mass is 15.1. The van der Waals surface area contributed by atoms with Crippen molar-refractivity contribution in [2.45, 2.75) is 13.1 Å². The normalized spacial score (nSPS) is 27.8. The molecule has 0 bridgehead atoms. The summed E-state index contributed by atoms with van der Waals surface area (Å²) in [5, 5.41) is 2.92. The smallest absolute Gasteiger partial charge is 0.125 e. The van der Waals surface area contributed by atoms with Crippen LogP contribution in [0, 0.1) is 0 Å². The third-order valence-corrected chi connectivity index (χ3v) is 0.657. The van der Waals surface area contributed by atoms with Gasteiger partial charge in [-0.3, -0.25) is 0 Å².